The standard InChI is InChI=1S/C18H19Cl2N2.BrH/c1-3-4-11-21-12-22(18(20)17(21)19)16-13(2)9-10-14-7-5-6-8-15(14)16;/h5-10,12H,3-4,11H2,1-2H3;1H/q+1;/p-1. The highest BCUT2D eigenvalue weighted by molar-refractivity contribution is 6.40. The van der Waals surface area contributed by atoms with Gasteiger partial charge in [-0.25, -0.2) is 4.57 Å². The molecule has 0 unspecified atom stereocenters. The van der Waals surface area contributed by atoms with E-state index < -0.39 is 0 Å². The van der Waals surface area contributed by atoms with Crippen molar-refractivity contribution in [1.29, 1.82) is 0 Å². The SMILES string of the molecule is CCCC[n+]1cn(-c2c(C)ccc3ccccc23)c(Cl)c1Cl.[Br-]. The largest absolute Gasteiger partial charge is 1.00 e. The van der Waals surface area contributed by atoms with Gasteiger partial charge in [0, 0.05) is 5.39 Å². The Labute approximate surface area is 157 Å². The number of aromatic nitrogens is 2. The van der Waals surface area contributed by atoms with E-state index >= 15 is 0 Å². The average Bonchev–Trinajstić information content (AvgIpc) is 2.81. The first-order valence-corrected chi connectivity index (χ1v) is 8.33. The minimum absolute atomic E-state index is 0. The molecule has 122 valence electrons. The number of unbranched alkanes of at least 4 members (excludes halogenated alkanes) is 1. The molecule has 3 rings (SSSR count). The smallest absolute Gasteiger partial charge is 0.260 e. The van der Waals surface area contributed by atoms with Gasteiger partial charge in [0.2, 0.25) is 0 Å². The summed E-state index contributed by atoms with van der Waals surface area (Å²) in [6, 6.07) is 12.6. The third kappa shape index (κ3) is 3.42. The molecule has 1 heterocycles. The van der Waals surface area contributed by atoms with E-state index in [2.05, 4.69) is 44.2 Å². The van der Waals surface area contributed by atoms with Crippen LogP contribution in [0.15, 0.2) is 42.7 Å². The highest BCUT2D eigenvalue weighted by Gasteiger charge is 2.23. The van der Waals surface area contributed by atoms with Crippen LogP contribution in [0.25, 0.3) is 16.5 Å². The number of benzene rings is 2. The zero-order chi connectivity index (χ0) is 15.7. The lowest BCUT2D eigenvalue weighted by molar-refractivity contribution is -0.694. The molecular weight excluding hydrogens is 395 g/mol. The maximum Gasteiger partial charge on any atom is 0.260 e. The molecule has 2 aromatic carbocycles. The quantitative estimate of drug-likeness (QED) is 0.580. The van der Waals surface area contributed by atoms with Gasteiger partial charge in [-0.3, -0.25) is 0 Å². The Morgan fingerprint density at radius 3 is 2.57 bits per heavy atom. The van der Waals surface area contributed by atoms with E-state index in [1.807, 2.05) is 21.5 Å². The number of hydrogen-bond acceptors (Lipinski definition) is 0. The van der Waals surface area contributed by atoms with Crippen molar-refractivity contribution in [3.8, 4) is 5.69 Å². The number of rotatable bonds is 4. The molecule has 0 atom stereocenters. The third-order valence-corrected chi connectivity index (χ3v) is 4.84. The molecule has 0 saturated heterocycles. The predicted octanol–water partition coefficient (Wildman–Crippen LogP) is 2.34. The molecule has 0 bridgehead atoms. The second-order valence-corrected chi connectivity index (χ2v) is 6.28. The molecule has 2 nitrogen and oxygen atoms in total. The molecule has 0 radical (unpaired) electrons. The molecule has 0 spiro atoms. The molecule has 0 aliphatic heterocycles. The van der Waals surface area contributed by atoms with Gasteiger partial charge < -0.3 is 17.0 Å². The van der Waals surface area contributed by atoms with E-state index in [0.717, 1.165) is 25.1 Å². The Balaban J connectivity index is 0.00000192. The Morgan fingerprint density at radius 2 is 1.83 bits per heavy atom. The van der Waals surface area contributed by atoms with Gasteiger partial charge in [-0.1, -0.05) is 49.7 Å². The molecular formula is C18H19BrCl2N2. The highest BCUT2D eigenvalue weighted by Crippen LogP contribution is 2.30. The van der Waals surface area contributed by atoms with Crippen molar-refractivity contribution in [3.63, 3.8) is 0 Å². The van der Waals surface area contributed by atoms with E-state index in [9.17, 15) is 0 Å². The van der Waals surface area contributed by atoms with Crippen LogP contribution in [0.3, 0.4) is 0 Å². The molecule has 3 aromatic rings. The average molecular weight is 414 g/mol. The van der Waals surface area contributed by atoms with Gasteiger partial charge in [0.1, 0.15) is 5.69 Å². The van der Waals surface area contributed by atoms with Crippen molar-refractivity contribution in [1.82, 2.24) is 4.57 Å². The number of imidazole rings is 1. The summed E-state index contributed by atoms with van der Waals surface area (Å²) >= 11 is 12.9. The van der Waals surface area contributed by atoms with Gasteiger partial charge in [-0.05, 0) is 47.5 Å². The topological polar surface area (TPSA) is 8.81 Å². The van der Waals surface area contributed by atoms with Crippen LogP contribution in [0.2, 0.25) is 10.3 Å². The summed E-state index contributed by atoms with van der Waals surface area (Å²) in [5.41, 5.74) is 2.27. The van der Waals surface area contributed by atoms with Crippen LogP contribution >= 0.6 is 23.2 Å². The van der Waals surface area contributed by atoms with Gasteiger partial charge in [-0.15, -0.1) is 0 Å². The summed E-state index contributed by atoms with van der Waals surface area (Å²) in [7, 11) is 0. The molecule has 1 aromatic heterocycles. The first-order valence-electron chi connectivity index (χ1n) is 7.58. The van der Waals surface area contributed by atoms with Crippen molar-refractivity contribution in [2.75, 3.05) is 0 Å². The fourth-order valence-corrected chi connectivity index (χ4v) is 3.24. The second kappa shape index (κ2) is 7.69. The molecule has 0 amide bonds. The van der Waals surface area contributed by atoms with Crippen molar-refractivity contribution >= 4 is 34.0 Å². The zero-order valence-electron chi connectivity index (χ0n) is 13.2. The van der Waals surface area contributed by atoms with E-state index in [4.69, 9.17) is 23.2 Å². The lowest BCUT2D eigenvalue weighted by atomic mass is 10.0. The van der Waals surface area contributed by atoms with Crippen LogP contribution in [0.4, 0.5) is 0 Å². The molecule has 0 saturated carbocycles. The number of halogens is 3. The Morgan fingerprint density at radius 1 is 1.09 bits per heavy atom. The number of hydrogen-bond donors (Lipinski definition) is 0. The summed E-state index contributed by atoms with van der Waals surface area (Å²) in [5, 5.41) is 3.54. The van der Waals surface area contributed by atoms with Gasteiger partial charge >= 0.3 is 0 Å². The van der Waals surface area contributed by atoms with Crippen molar-refractivity contribution < 1.29 is 21.5 Å². The fourth-order valence-electron chi connectivity index (χ4n) is 2.78. The van der Waals surface area contributed by atoms with Gasteiger partial charge in [0.25, 0.3) is 16.6 Å². The first kappa shape index (κ1) is 18.3. The lowest BCUT2D eigenvalue weighted by Gasteiger charge is -2.07. The predicted molar refractivity (Wildman–Crippen MR) is 93.1 cm³/mol. The normalized spacial score (nSPS) is 10.8. The molecule has 0 aliphatic carbocycles. The maximum atomic E-state index is 6.51. The van der Waals surface area contributed by atoms with E-state index in [0.29, 0.717) is 10.3 Å². The van der Waals surface area contributed by atoms with Gasteiger partial charge in [0.15, 0.2) is 0 Å². The second-order valence-electron chi connectivity index (χ2n) is 5.57. The van der Waals surface area contributed by atoms with Crippen LogP contribution in [0, 0.1) is 6.92 Å². The van der Waals surface area contributed by atoms with Crippen molar-refractivity contribution in [2.24, 2.45) is 0 Å². The minimum Gasteiger partial charge on any atom is -1.00 e. The zero-order valence-corrected chi connectivity index (χ0v) is 16.3. The van der Waals surface area contributed by atoms with Crippen LogP contribution in [-0.2, 0) is 6.54 Å². The Kier molecular flexibility index (Phi) is 6.12. The highest BCUT2D eigenvalue weighted by atomic mass is 79.9. The van der Waals surface area contributed by atoms with Gasteiger partial charge in [0.05, 0.1) is 6.54 Å². The van der Waals surface area contributed by atoms with Crippen LogP contribution < -0.4 is 21.5 Å². The van der Waals surface area contributed by atoms with Crippen LogP contribution in [0.1, 0.15) is 25.3 Å². The first-order chi connectivity index (χ1) is 10.6. The fraction of sp³-hybridized carbons (Fsp3) is 0.278. The molecule has 5 heteroatoms. The number of fused-ring (bicyclic) bond motifs is 1. The summed E-state index contributed by atoms with van der Waals surface area (Å²) < 4.78 is 4.02. The van der Waals surface area contributed by atoms with Crippen LogP contribution in [-0.4, -0.2) is 4.57 Å². The molecule has 23 heavy (non-hydrogen) atoms. The molecule has 0 aliphatic rings. The van der Waals surface area contributed by atoms with E-state index in [-0.39, 0.29) is 17.0 Å². The number of nitrogens with zero attached hydrogens (tertiary/aromatic N) is 2. The van der Waals surface area contributed by atoms with Crippen molar-refractivity contribution in [3.05, 3.63) is 58.6 Å². The lowest BCUT2D eigenvalue weighted by Crippen LogP contribution is -3.00. The monoisotopic (exact) mass is 412 g/mol. The summed E-state index contributed by atoms with van der Waals surface area (Å²) in [5.74, 6) is 0. The van der Waals surface area contributed by atoms with Crippen molar-refractivity contribution in [2.45, 2.75) is 33.2 Å². The maximum absolute atomic E-state index is 6.51. The molecule has 0 N–H and O–H groups in total. The van der Waals surface area contributed by atoms with Gasteiger partial charge in [-0.2, -0.15) is 4.57 Å². The Bertz CT molecular complexity index is 827. The summed E-state index contributed by atoms with van der Waals surface area (Å²) in [6.45, 7) is 5.15. The summed E-state index contributed by atoms with van der Waals surface area (Å²) in [4.78, 5) is 0. The number of aryl methyl sites for hydroxylation is 2. The minimum atomic E-state index is 0. The third-order valence-electron chi connectivity index (χ3n) is 3.98. The van der Waals surface area contributed by atoms with E-state index in [1.165, 1.54) is 16.3 Å². The Hall–Kier alpha value is -1.03. The van der Waals surface area contributed by atoms with Crippen LogP contribution in [0.5, 0.6) is 0 Å². The van der Waals surface area contributed by atoms with E-state index in [1.54, 1.807) is 0 Å². The molecule has 0 fully saturated rings. The summed E-state index contributed by atoms with van der Waals surface area (Å²) in [6.07, 6.45) is 4.22.